The molecule has 3 aromatic carbocycles. The Balaban J connectivity index is 0. The molecule has 0 amide bonds. The maximum Gasteiger partial charge on any atom is 0.420 e. The minimum absolute atomic E-state index is 0.0411. The van der Waals surface area contributed by atoms with Gasteiger partial charge in [0.25, 0.3) is 0 Å². The molecule has 0 saturated heterocycles. The van der Waals surface area contributed by atoms with Crippen molar-refractivity contribution in [3.05, 3.63) is 70.8 Å². The van der Waals surface area contributed by atoms with Crippen LogP contribution >= 0.6 is 25.3 Å². The second-order valence-corrected chi connectivity index (χ2v) is 6.63. The number of rotatable bonds is 4. The lowest BCUT2D eigenvalue weighted by Crippen LogP contribution is -2.05. The highest BCUT2D eigenvalue weighted by atomic mass is 32.1. The molecule has 216 valence electrons. The number of nitrogens with zero attached hydrogens (tertiary/aromatic N) is 2. The van der Waals surface area contributed by atoms with Crippen LogP contribution in [0.4, 0.5) is 24.5 Å². The van der Waals surface area contributed by atoms with Crippen LogP contribution in [-0.2, 0) is 6.18 Å². The molecule has 0 aliphatic rings. The molecule has 0 fully saturated rings. The zero-order chi connectivity index (χ0) is 30.8. The largest absolute Gasteiger partial charge is 0.508 e. The molecule has 0 atom stereocenters. The van der Waals surface area contributed by atoms with E-state index < -0.39 is 23.2 Å². The minimum atomic E-state index is -4.81. The van der Waals surface area contributed by atoms with Gasteiger partial charge < -0.3 is 20.4 Å². The van der Waals surface area contributed by atoms with Gasteiger partial charge in [-0.1, -0.05) is 39.8 Å². The molecule has 3 rings (SSSR count). The number of benzene rings is 3. The van der Waals surface area contributed by atoms with Crippen LogP contribution < -0.4 is 0 Å². The van der Waals surface area contributed by atoms with Gasteiger partial charge in [0.1, 0.15) is 28.6 Å². The molecular formula is C28H37F3N2O4S2. The molecule has 0 radical (unpaired) electrons. The van der Waals surface area contributed by atoms with Gasteiger partial charge in [-0.2, -0.15) is 38.4 Å². The number of alkyl halides is 3. The van der Waals surface area contributed by atoms with Crippen molar-refractivity contribution in [2.45, 2.75) is 40.8 Å². The van der Waals surface area contributed by atoms with E-state index in [4.69, 9.17) is 0 Å². The van der Waals surface area contributed by atoms with Crippen molar-refractivity contribution in [3.63, 3.8) is 0 Å². The molecule has 3 aromatic rings. The van der Waals surface area contributed by atoms with Crippen LogP contribution in [0.2, 0.25) is 0 Å². The fourth-order valence-corrected chi connectivity index (χ4v) is 2.77. The summed E-state index contributed by atoms with van der Waals surface area (Å²) in [5.74, 6) is -1.82. The number of aryl methyl sites for hydroxylation is 1. The maximum atomic E-state index is 12.8. The summed E-state index contributed by atoms with van der Waals surface area (Å²) in [7, 11) is 0. The third-order valence-corrected chi connectivity index (χ3v) is 4.33. The molecule has 11 heteroatoms. The first-order valence-electron chi connectivity index (χ1n) is 11.8. The zero-order valence-corrected chi connectivity index (χ0v) is 24.8. The first kappa shape index (κ1) is 37.8. The number of halogens is 3. The number of hydrogen-bond acceptors (Lipinski definition) is 8. The molecule has 0 aliphatic carbocycles. The van der Waals surface area contributed by atoms with Crippen LogP contribution in [0.25, 0.3) is 0 Å². The molecule has 0 heterocycles. The average Bonchev–Trinajstić information content (AvgIpc) is 2.94. The van der Waals surface area contributed by atoms with E-state index in [1.54, 1.807) is 43.7 Å². The van der Waals surface area contributed by atoms with Gasteiger partial charge in [0.15, 0.2) is 0 Å². The van der Waals surface area contributed by atoms with Crippen LogP contribution in [0.5, 0.6) is 23.0 Å². The Hall–Kier alpha value is -3.31. The number of para-hydroxylation sites is 2. The van der Waals surface area contributed by atoms with Crippen molar-refractivity contribution in [2.75, 3.05) is 12.5 Å². The number of thiol groups is 2. The van der Waals surface area contributed by atoms with Crippen LogP contribution in [0.15, 0.2) is 58.5 Å². The summed E-state index contributed by atoms with van der Waals surface area (Å²) in [4.78, 5) is 8.38. The summed E-state index contributed by atoms with van der Waals surface area (Å²) >= 11 is 7.06. The van der Waals surface area contributed by atoms with Gasteiger partial charge in [0, 0.05) is 23.6 Å². The SMILES string of the molecule is CC.CC.CS.CS.Cc1cc(O)cc(C=Nc2ccccc2N=Cc2cc(O)c(C(F)(F)F)cc2O)c1O. The van der Waals surface area contributed by atoms with Crippen LogP contribution in [0.3, 0.4) is 0 Å². The lowest BCUT2D eigenvalue weighted by Gasteiger charge is -2.10. The molecule has 0 spiro atoms. The molecule has 0 bridgehead atoms. The summed E-state index contributed by atoms with van der Waals surface area (Å²) in [6.45, 7) is 9.62. The third-order valence-electron chi connectivity index (χ3n) is 4.33. The second-order valence-electron chi connectivity index (χ2n) is 6.63. The van der Waals surface area contributed by atoms with E-state index in [1.807, 2.05) is 27.7 Å². The number of phenolic OH excluding ortho intramolecular Hbond substituents is 4. The predicted octanol–water partition coefficient (Wildman–Crippen LogP) is 8.48. The highest BCUT2D eigenvalue weighted by molar-refractivity contribution is 7.79. The molecule has 0 aliphatic heterocycles. The van der Waals surface area contributed by atoms with E-state index in [9.17, 15) is 33.6 Å². The fraction of sp³-hybridized carbons (Fsp3) is 0.286. The van der Waals surface area contributed by atoms with Crippen LogP contribution in [0.1, 0.15) is 49.9 Å². The highest BCUT2D eigenvalue weighted by Crippen LogP contribution is 2.39. The number of aromatic hydroxyl groups is 4. The number of phenols is 4. The lowest BCUT2D eigenvalue weighted by atomic mass is 10.1. The molecule has 0 aromatic heterocycles. The molecule has 39 heavy (non-hydrogen) atoms. The number of hydrogen-bond donors (Lipinski definition) is 6. The van der Waals surface area contributed by atoms with E-state index in [2.05, 4.69) is 35.2 Å². The lowest BCUT2D eigenvalue weighted by molar-refractivity contribution is -0.138. The van der Waals surface area contributed by atoms with Crippen LogP contribution in [0, 0.1) is 6.92 Å². The summed E-state index contributed by atoms with van der Waals surface area (Å²) in [5.41, 5.74) is -0.0606. The van der Waals surface area contributed by atoms with E-state index in [-0.39, 0.29) is 22.6 Å². The highest BCUT2D eigenvalue weighted by Gasteiger charge is 2.34. The van der Waals surface area contributed by atoms with Gasteiger partial charge in [-0.25, -0.2) is 0 Å². The van der Waals surface area contributed by atoms with Gasteiger partial charge in [-0.05, 0) is 61.4 Å². The number of aliphatic imine (C=N–C) groups is 2. The first-order valence-corrected chi connectivity index (χ1v) is 13.6. The Morgan fingerprint density at radius 1 is 0.692 bits per heavy atom. The fourth-order valence-electron chi connectivity index (χ4n) is 2.77. The van der Waals surface area contributed by atoms with Crippen LogP contribution in [-0.4, -0.2) is 45.4 Å². The minimum Gasteiger partial charge on any atom is -0.508 e. The van der Waals surface area contributed by atoms with Crippen molar-refractivity contribution in [1.82, 2.24) is 0 Å². The Morgan fingerprint density at radius 2 is 1.15 bits per heavy atom. The first-order chi connectivity index (χ1) is 18.6. The van der Waals surface area contributed by atoms with E-state index in [1.165, 1.54) is 18.3 Å². The van der Waals surface area contributed by atoms with Crippen molar-refractivity contribution in [2.24, 2.45) is 9.98 Å². The zero-order valence-electron chi connectivity index (χ0n) is 23.0. The van der Waals surface area contributed by atoms with Crippen molar-refractivity contribution < 1.29 is 33.6 Å². The molecule has 0 saturated carbocycles. The van der Waals surface area contributed by atoms with Gasteiger partial charge in [0.2, 0.25) is 0 Å². The average molecular weight is 587 g/mol. The topological polar surface area (TPSA) is 106 Å². The third kappa shape index (κ3) is 12.0. The van der Waals surface area contributed by atoms with Crippen molar-refractivity contribution >= 4 is 49.1 Å². The Kier molecular flexibility index (Phi) is 19.1. The van der Waals surface area contributed by atoms with Gasteiger partial charge in [-0.15, -0.1) is 0 Å². The van der Waals surface area contributed by atoms with Gasteiger partial charge in [-0.3, -0.25) is 9.98 Å². The molecular weight excluding hydrogens is 549 g/mol. The summed E-state index contributed by atoms with van der Waals surface area (Å²) in [6, 6.07) is 10.5. The second kappa shape index (κ2) is 19.7. The van der Waals surface area contributed by atoms with E-state index in [0.29, 0.717) is 23.0 Å². The monoisotopic (exact) mass is 586 g/mol. The van der Waals surface area contributed by atoms with E-state index >= 15 is 0 Å². The van der Waals surface area contributed by atoms with E-state index in [0.717, 1.165) is 12.3 Å². The quantitative estimate of drug-likeness (QED) is 0.105. The standard InChI is InChI=1S/C22H17F3N2O4.2C2H6.2CH4S/c1-12-6-15(28)7-14(21(12)31)11-27-18-5-3-2-4-17(18)26-10-13-8-20(30)16(9-19(13)29)22(23,24)25;4*1-2/h2-11,28-31H,1H3;2*1-2H3;2*2H,1H3. The maximum absolute atomic E-state index is 12.8. The summed E-state index contributed by atoms with van der Waals surface area (Å²) < 4.78 is 38.4. The summed E-state index contributed by atoms with van der Waals surface area (Å²) in [5, 5.41) is 39.3. The summed E-state index contributed by atoms with van der Waals surface area (Å²) in [6.07, 6.45) is 1.01. The predicted molar refractivity (Wildman–Crippen MR) is 163 cm³/mol. The smallest absolute Gasteiger partial charge is 0.420 e. The molecule has 6 nitrogen and oxygen atoms in total. The Labute approximate surface area is 239 Å². The Morgan fingerprint density at radius 3 is 1.62 bits per heavy atom. The molecule has 0 unspecified atom stereocenters. The van der Waals surface area contributed by atoms with Crippen molar-refractivity contribution in [1.29, 1.82) is 0 Å². The molecule has 4 N–H and O–H groups in total. The Bertz CT molecular complexity index is 1200. The van der Waals surface area contributed by atoms with Crippen molar-refractivity contribution in [3.8, 4) is 23.0 Å². The van der Waals surface area contributed by atoms with Gasteiger partial charge in [0.05, 0.1) is 11.4 Å². The normalized spacial score (nSPS) is 10.3. The van der Waals surface area contributed by atoms with Gasteiger partial charge >= 0.3 is 6.18 Å².